The zero-order chi connectivity index (χ0) is 15.9. The van der Waals surface area contributed by atoms with Crippen LogP contribution in [0.4, 0.5) is 5.82 Å². The van der Waals surface area contributed by atoms with E-state index in [1.807, 2.05) is 19.1 Å². The third-order valence-corrected chi connectivity index (χ3v) is 2.99. The number of nitrogens with two attached hydrogens (primary N) is 1. The van der Waals surface area contributed by atoms with Crippen LogP contribution in [0.15, 0.2) is 34.9 Å². The Balaban J connectivity index is 1.93. The van der Waals surface area contributed by atoms with Crippen molar-refractivity contribution in [3.8, 4) is 0 Å². The van der Waals surface area contributed by atoms with Crippen molar-refractivity contribution in [2.24, 2.45) is 0 Å². The molecule has 0 fully saturated rings. The average molecular weight is 297 g/mol. The molecule has 1 amide bonds. The van der Waals surface area contributed by atoms with Gasteiger partial charge in [-0.3, -0.25) is 4.79 Å². The molecular formula is C17H19N3O2. The van der Waals surface area contributed by atoms with E-state index in [1.165, 1.54) is 6.08 Å². The van der Waals surface area contributed by atoms with Crippen LogP contribution >= 0.6 is 0 Å². The van der Waals surface area contributed by atoms with Gasteiger partial charge in [-0.25, -0.2) is 4.98 Å². The molecule has 2 aromatic rings. The Bertz CT molecular complexity index is 773. The smallest absolute Gasteiger partial charge is 0.244 e. The highest BCUT2D eigenvalue weighted by molar-refractivity contribution is 5.91. The summed E-state index contributed by atoms with van der Waals surface area (Å²) in [6.07, 6.45) is 7.66. The van der Waals surface area contributed by atoms with E-state index in [0.717, 1.165) is 17.2 Å². The van der Waals surface area contributed by atoms with Gasteiger partial charge in [0, 0.05) is 17.5 Å². The standard InChI is InChI=1S/C17H19N3O2/c1-3-4-14-9-15(22-12(14)2)11-20-17(21)8-6-13-5-7-16(18)19-10-13/h4-10H,2-3,11H2,1H3,(H2,18,19)(H,20,21)/b8-6+,14-4-. The first-order valence-corrected chi connectivity index (χ1v) is 7.03. The van der Waals surface area contributed by atoms with Crippen LogP contribution in [0.25, 0.3) is 18.7 Å². The van der Waals surface area contributed by atoms with E-state index in [1.54, 1.807) is 24.4 Å². The molecule has 5 nitrogen and oxygen atoms in total. The molecule has 5 heteroatoms. The van der Waals surface area contributed by atoms with Crippen LogP contribution in [0.3, 0.4) is 0 Å². The number of nitrogens with zero attached hydrogens (tertiary/aromatic N) is 1. The zero-order valence-electron chi connectivity index (χ0n) is 12.5. The Hall–Kier alpha value is -2.82. The van der Waals surface area contributed by atoms with Crippen molar-refractivity contribution in [2.75, 3.05) is 5.73 Å². The predicted molar refractivity (Wildman–Crippen MR) is 87.8 cm³/mol. The summed E-state index contributed by atoms with van der Waals surface area (Å²) in [6, 6.07) is 5.36. The summed E-state index contributed by atoms with van der Waals surface area (Å²) in [4.78, 5) is 15.7. The fraction of sp³-hybridized carbons (Fsp3) is 0.176. The van der Waals surface area contributed by atoms with Gasteiger partial charge in [0.05, 0.1) is 6.54 Å². The van der Waals surface area contributed by atoms with E-state index in [0.29, 0.717) is 23.5 Å². The molecule has 2 rings (SSSR count). The topological polar surface area (TPSA) is 81.2 Å². The van der Waals surface area contributed by atoms with Gasteiger partial charge in [-0.2, -0.15) is 0 Å². The van der Waals surface area contributed by atoms with E-state index in [4.69, 9.17) is 10.2 Å². The number of aromatic nitrogens is 1. The molecular weight excluding hydrogens is 278 g/mol. The molecule has 0 atom stereocenters. The van der Waals surface area contributed by atoms with Crippen molar-refractivity contribution in [1.82, 2.24) is 10.3 Å². The second-order valence-corrected chi connectivity index (χ2v) is 4.77. The molecule has 3 N–H and O–H groups in total. The molecule has 0 aliphatic carbocycles. The van der Waals surface area contributed by atoms with Gasteiger partial charge >= 0.3 is 0 Å². The molecule has 0 aliphatic rings. The first-order valence-electron chi connectivity index (χ1n) is 7.03. The minimum atomic E-state index is -0.208. The number of nitrogen functional groups attached to an aromatic ring is 1. The summed E-state index contributed by atoms with van der Waals surface area (Å²) >= 11 is 0. The lowest BCUT2D eigenvalue weighted by Crippen LogP contribution is -2.19. The molecule has 0 bridgehead atoms. The van der Waals surface area contributed by atoms with Gasteiger partial charge in [0.2, 0.25) is 5.91 Å². The van der Waals surface area contributed by atoms with Crippen LogP contribution in [0.5, 0.6) is 0 Å². The molecule has 0 aliphatic heterocycles. The third-order valence-electron chi connectivity index (χ3n) is 2.99. The van der Waals surface area contributed by atoms with E-state index in [2.05, 4.69) is 16.9 Å². The van der Waals surface area contributed by atoms with Crippen molar-refractivity contribution in [1.29, 1.82) is 0 Å². The van der Waals surface area contributed by atoms with Gasteiger partial charge in [-0.15, -0.1) is 0 Å². The SMILES string of the molecule is C=c1oc(CNC(=O)/C=C/c2ccc(N)nc2)c/c1=C/CC. The average Bonchev–Trinajstić information content (AvgIpc) is 2.85. The number of furan rings is 1. The zero-order valence-corrected chi connectivity index (χ0v) is 12.5. The largest absolute Gasteiger partial charge is 0.460 e. The van der Waals surface area contributed by atoms with Crippen molar-refractivity contribution >= 4 is 30.5 Å². The molecule has 0 saturated heterocycles. The fourth-order valence-electron chi connectivity index (χ4n) is 1.90. The van der Waals surface area contributed by atoms with E-state index in [-0.39, 0.29) is 5.91 Å². The molecule has 0 unspecified atom stereocenters. The molecule has 2 heterocycles. The van der Waals surface area contributed by atoms with Crippen molar-refractivity contribution < 1.29 is 9.21 Å². The molecule has 2 aromatic heterocycles. The minimum Gasteiger partial charge on any atom is -0.460 e. The third kappa shape index (κ3) is 4.34. The second-order valence-electron chi connectivity index (χ2n) is 4.77. The van der Waals surface area contributed by atoms with Gasteiger partial charge in [0.1, 0.15) is 17.0 Å². The maximum Gasteiger partial charge on any atom is 0.244 e. The van der Waals surface area contributed by atoms with Gasteiger partial charge < -0.3 is 15.5 Å². The van der Waals surface area contributed by atoms with Crippen LogP contribution in [0.2, 0.25) is 0 Å². The lowest BCUT2D eigenvalue weighted by Gasteiger charge is -1.98. The lowest BCUT2D eigenvalue weighted by molar-refractivity contribution is -0.116. The van der Waals surface area contributed by atoms with Gasteiger partial charge in [-0.05, 0) is 36.3 Å². The van der Waals surface area contributed by atoms with Crippen molar-refractivity contribution in [3.05, 3.63) is 52.4 Å². The van der Waals surface area contributed by atoms with Crippen LogP contribution in [0, 0.1) is 0 Å². The maximum atomic E-state index is 11.8. The van der Waals surface area contributed by atoms with Gasteiger partial charge in [0.15, 0.2) is 0 Å². The minimum absolute atomic E-state index is 0.208. The summed E-state index contributed by atoms with van der Waals surface area (Å²) in [5.41, 5.74) is 6.93. The molecule has 0 saturated carbocycles. The van der Waals surface area contributed by atoms with Crippen LogP contribution in [-0.2, 0) is 11.3 Å². The first-order chi connectivity index (χ1) is 10.6. The van der Waals surface area contributed by atoms with Crippen LogP contribution in [0.1, 0.15) is 24.7 Å². The highest BCUT2D eigenvalue weighted by Gasteiger charge is 2.01. The second kappa shape index (κ2) is 7.26. The Labute approximate surface area is 128 Å². The summed E-state index contributed by atoms with van der Waals surface area (Å²) in [5.74, 6) is 0.920. The Morgan fingerprint density at radius 1 is 1.50 bits per heavy atom. The number of carbonyl (C=O) groups is 1. The number of nitrogens with one attached hydrogen (secondary N) is 1. The summed E-state index contributed by atoms with van der Waals surface area (Å²) < 4.78 is 5.49. The number of anilines is 1. The lowest BCUT2D eigenvalue weighted by atomic mass is 10.2. The normalized spacial score (nSPS) is 12.0. The number of carbonyl (C=O) groups excluding carboxylic acids is 1. The number of hydrogen-bond donors (Lipinski definition) is 2. The molecule has 22 heavy (non-hydrogen) atoms. The fourth-order valence-corrected chi connectivity index (χ4v) is 1.90. The van der Waals surface area contributed by atoms with Crippen molar-refractivity contribution in [3.63, 3.8) is 0 Å². The van der Waals surface area contributed by atoms with E-state index < -0.39 is 0 Å². The number of rotatable bonds is 5. The van der Waals surface area contributed by atoms with E-state index >= 15 is 0 Å². The van der Waals surface area contributed by atoms with E-state index in [9.17, 15) is 4.79 Å². The molecule has 114 valence electrons. The summed E-state index contributed by atoms with van der Waals surface area (Å²) in [5, 5.41) is 3.72. The quantitative estimate of drug-likeness (QED) is 0.812. The summed E-state index contributed by atoms with van der Waals surface area (Å²) in [6.45, 7) is 6.20. The Morgan fingerprint density at radius 2 is 2.32 bits per heavy atom. The highest BCUT2D eigenvalue weighted by atomic mass is 16.3. The maximum absolute atomic E-state index is 11.8. The van der Waals surface area contributed by atoms with Gasteiger partial charge in [-0.1, -0.05) is 19.6 Å². The molecule has 0 aromatic carbocycles. The predicted octanol–water partition coefficient (Wildman–Crippen LogP) is 1.19. The Morgan fingerprint density at radius 3 is 3.00 bits per heavy atom. The van der Waals surface area contributed by atoms with Crippen molar-refractivity contribution in [2.45, 2.75) is 19.9 Å². The highest BCUT2D eigenvalue weighted by Crippen LogP contribution is 2.03. The molecule has 0 spiro atoms. The van der Waals surface area contributed by atoms with Crippen LogP contribution in [-0.4, -0.2) is 10.9 Å². The Kier molecular flexibility index (Phi) is 5.14. The first kappa shape index (κ1) is 15.6. The number of pyridine rings is 1. The summed E-state index contributed by atoms with van der Waals surface area (Å²) in [7, 11) is 0. The number of hydrogen-bond acceptors (Lipinski definition) is 4. The monoisotopic (exact) mass is 297 g/mol. The van der Waals surface area contributed by atoms with Crippen LogP contribution < -0.4 is 21.7 Å². The number of amides is 1. The molecule has 0 radical (unpaired) electrons. The van der Waals surface area contributed by atoms with Gasteiger partial charge in [0.25, 0.3) is 0 Å².